The van der Waals surface area contributed by atoms with Crippen LogP contribution in [0.2, 0.25) is 0 Å². The SMILES string of the molecule is CC1CCC(CNC(=O)c2ccc(O)cc2F)C1. The van der Waals surface area contributed by atoms with Crippen LogP contribution in [0.4, 0.5) is 4.39 Å². The Balaban J connectivity index is 1.91. The summed E-state index contributed by atoms with van der Waals surface area (Å²) in [5, 5.41) is 11.8. The van der Waals surface area contributed by atoms with Gasteiger partial charge in [0.05, 0.1) is 5.56 Å². The van der Waals surface area contributed by atoms with E-state index < -0.39 is 11.7 Å². The van der Waals surface area contributed by atoms with Gasteiger partial charge in [-0.05, 0) is 36.8 Å². The van der Waals surface area contributed by atoms with Crippen molar-refractivity contribution < 1.29 is 14.3 Å². The number of amides is 1. The minimum absolute atomic E-state index is 0.0150. The number of benzene rings is 1. The lowest BCUT2D eigenvalue weighted by atomic mass is 10.1. The van der Waals surface area contributed by atoms with Gasteiger partial charge in [0.2, 0.25) is 0 Å². The van der Waals surface area contributed by atoms with E-state index in [0.717, 1.165) is 24.8 Å². The van der Waals surface area contributed by atoms with Gasteiger partial charge < -0.3 is 10.4 Å². The Bertz CT molecular complexity index is 447. The van der Waals surface area contributed by atoms with Crippen LogP contribution in [-0.4, -0.2) is 17.6 Å². The van der Waals surface area contributed by atoms with Gasteiger partial charge in [-0.25, -0.2) is 4.39 Å². The van der Waals surface area contributed by atoms with Crippen LogP contribution in [0.25, 0.3) is 0 Å². The molecular weight excluding hydrogens is 233 g/mol. The minimum Gasteiger partial charge on any atom is -0.508 e. The molecule has 0 spiro atoms. The van der Waals surface area contributed by atoms with Gasteiger partial charge in [0.15, 0.2) is 0 Å². The molecule has 1 aliphatic carbocycles. The van der Waals surface area contributed by atoms with Crippen molar-refractivity contribution in [2.24, 2.45) is 11.8 Å². The number of phenols is 1. The molecule has 1 saturated carbocycles. The molecule has 2 rings (SSSR count). The van der Waals surface area contributed by atoms with Gasteiger partial charge in [-0.2, -0.15) is 0 Å². The molecule has 0 bridgehead atoms. The summed E-state index contributed by atoms with van der Waals surface area (Å²) in [6.07, 6.45) is 3.45. The van der Waals surface area contributed by atoms with E-state index in [9.17, 15) is 9.18 Å². The largest absolute Gasteiger partial charge is 0.508 e. The number of phenolic OH excluding ortho intramolecular Hbond substituents is 1. The van der Waals surface area contributed by atoms with Crippen molar-refractivity contribution >= 4 is 5.91 Å². The summed E-state index contributed by atoms with van der Waals surface area (Å²) in [7, 11) is 0. The number of halogens is 1. The number of carbonyl (C=O) groups is 1. The highest BCUT2D eigenvalue weighted by Crippen LogP contribution is 2.29. The van der Waals surface area contributed by atoms with Crippen LogP contribution in [0.1, 0.15) is 36.5 Å². The normalized spacial score (nSPS) is 23.0. The van der Waals surface area contributed by atoms with Gasteiger partial charge in [0.1, 0.15) is 11.6 Å². The van der Waals surface area contributed by atoms with Crippen LogP contribution in [0.5, 0.6) is 5.75 Å². The fourth-order valence-corrected chi connectivity index (χ4v) is 2.53. The molecular formula is C14H18FNO2. The Kier molecular flexibility index (Phi) is 3.84. The van der Waals surface area contributed by atoms with Crippen molar-refractivity contribution in [1.29, 1.82) is 0 Å². The van der Waals surface area contributed by atoms with Crippen molar-refractivity contribution in [3.63, 3.8) is 0 Å². The van der Waals surface area contributed by atoms with Gasteiger partial charge >= 0.3 is 0 Å². The van der Waals surface area contributed by atoms with Crippen molar-refractivity contribution in [1.82, 2.24) is 5.32 Å². The molecule has 0 saturated heterocycles. The van der Waals surface area contributed by atoms with Crippen molar-refractivity contribution in [3.05, 3.63) is 29.6 Å². The molecule has 0 radical (unpaired) electrons. The number of nitrogens with one attached hydrogen (secondary N) is 1. The Morgan fingerprint density at radius 1 is 1.50 bits per heavy atom. The monoisotopic (exact) mass is 251 g/mol. The smallest absolute Gasteiger partial charge is 0.254 e. The average molecular weight is 251 g/mol. The molecule has 2 unspecified atom stereocenters. The maximum atomic E-state index is 13.4. The molecule has 1 aromatic carbocycles. The van der Waals surface area contributed by atoms with E-state index in [1.165, 1.54) is 18.6 Å². The number of aromatic hydroxyl groups is 1. The first-order valence-electron chi connectivity index (χ1n) is 6.33. The van der Waals surface area contributed by atoms with E-state index in [1.807, 2.05) is 0 Å². The Labute approximate surface area is 106 Å². The highest BCUT2D eigenvalue weighted by molar-refractivity contribution is 5.94. The minimum atomic E-state index is -0.688. The summed E-state index contributed by atoms with van der Waals surface area (Å²) < 4.78 is 13.4. The summed E-state index contributed by atoms with van der Waals surface area (Å²) >= 11 is 0. The fraction of sp³-hybridized carbons (Fsp3) is 0.500. The molecule has 98 valence electrons. The van der Waals surface area contributed by atoms with E-state index in [-0.39, 0.29) is 11.3 Å². The van der Waals surface area contributed by atoms with Crippen LogP contribution in [0.3, 0.4) is 0 Å². The summed E-state index contributed by atoms with van der Waals surface area (Å²) in [6.45, 7) is 2.81. The van der Waals surface area contributed by atoms with Crippen molar-refractivity contribution in [2.45, 2.75) is 26.2 Å². The molecule has 0 aliphatic heterocycles. The summed E-state index contributed by atoms with van der Waals surface area (Å²) in [6, 6.07) is 3.57. The zero-order valence-electron chi connectivity index (χ0n) is 10.4. The maximum absolute atomic E-state index is 13.4. The molecule has 1 aromatic rings. The lowest BCUT2D eigenvalue weighted by Gasteiger charge is -2.11. The molecule has 1 fully saturated rings. The first-order valence-corrected chi connectivity index (χ1v) is 6.33. The maximum Gasteiger partial charge on any atom is 0.254 e. The van der Waals surface area contributed by atoms with Crippen molar-refractivity contribution in [2.75, 3.05) is 6.54 Å². The van der Waals surface area contributed by atoms with Crippen LogP contribution in [-0.2, 0) is 0 Å². The molecule has 4 heteroatoms. The van der Waals surface area contributed by atoms with Crippen molar-refractivity contribution in [3.8, 4) is 5.75 Å². The number of hydrogen-bond acceptors (Lipinski definition) is 2. The predicted octanol–water partition coefficient (Wildman–Crippen LogP) is 2.70. The highest BCUT2D eigenvalue weighted by Gasteiger charge is 2.22. The quantitative estimate of drug-likeness (QED) is 0.867. The van der Waals surface area contributed by atoms with Gasteiger partial charge in [-0.15, -0.1) is 0 Å². The average Bonchev–Trinajstić information content (AvgIpc) is 2.72. The second-order valence-electron chi connectivity index (χ2n) is 5.16. The first-order chi connectivity index (χ1) is 8.56. The van der Waals surface area contributed by atoms with Crippen LogP contribution in [0, 0.1) is 17.7 Å². The van der Waals surface area contributed by atoms with Crippen LogP contribution in [0.15, 0.2) is 18.2 Å². The van der Waals surface area contributed by atoms with E-state index in [0.29, 0.717) is 12.5 Å². The van der Waals surface area contributed by atoms with E-state index in [4.69, 9.17) is 5.11 Å². The predicted molar refractivity (Wildman–Crippen MR) is 66.9 cm³/mol. The van der Waals surface area contributed by atoms with E-state index in [1.54, 1.807) is 0 Å². The topological polar surface area (TPSA) is 49.3 Å². The molecule has 2 N–H and O–H groups in total. The third-order valence-electron chi connectivity index (χ3n) is 3.55. The number of rotatable bonds is 3. The first kappa shape index (κ1) is 12.9. The zero-order chi connectivity index (χ0) is 13.1. The number of hydrogen-bond donors (Lipinski definition) is 2. The third-order valence-corrected chi connectivity index (χ3v) is 3.55. The zero-order valence-corrected chi connectivity index (χ0v) is 10.4. The highest BCUT2D eigenvalue weighted by atomic mass is 19.1. The van der Waals surface area contributed by atoms with Crippen LogP contribution >= 0.6 is 0 Å². The second kappa shape index (κ2) is 5.38. The third kappa shape index (κ3) is 3.00. The number of carbonyl (C=O) groups excluding carboxylic acids is 1. The molecule has 1 aliphatic rings. The summed E-state index contributed by atoms with van der Waals surface area (Å²) in [5.41, 5.74) is -0.0150. The van der Waals surface area contributed by atoms with Gasteiger partial charge in [0, 0.05) is 12.6 Å². The van der Waals surface area contributed by atoms with E-state index in [2.05, 4.69) is 12.2 Å². The Morgan fingerprint density at radius 2 is 2.28 bits per heavy atom. The molecule has 1 amide bonds. The van der Waals surface area contributed by atoms with Crippen LogP contribution < -0.4 is 5.32 Å². The standard InChI is InChI=1S/C14H18FNO2/c1-9-2-3-10(6-9)8-16-14(18)12-5-4-11(17)7-13(12)15/h4-5,7,9-10,17H,2-3,6,8H2,1H3,(H,16,18). The van der Waals surface area contributed by atoms with Gasteiger partial charge in [-0.3, -0.25) is 4.79 Å². The van der Waals surface area contributed by atoms with Gasteiger partial charge in [-0.1, -0.05) is 13.3 Å². The lowest BCUT2D eigenvalue weighted by molar-refractivity contribution is 0.0943. The molecule has 2 atom stereocenters. The fourth-order valence-electron chi connectivity index (χ4n) is 2.53. The molecule has 0 aromatic heterocycles. The Morgan fingerprint density at radius 3 is 2.89 bits per heavy atom. The molecule has 18 heavy (non-hydrogen) atoms. The Hall–Kier alpha value is -1.58. The summed E-state index contributed by atoms with van der Waals surface area (Å²) in [4.78, 5) is 11.8. The molecule has 0 heterocycles. The molecule has 3 nitrogen and oxygen atoms in total. The second-order valence-corrected chi connectivity index (χ2v) is 5.16. The van der Waals surface area contributed by atoms with E-state index >= 15 is 0 Å². The van der Waals surface area contributed by atoms with Gasteiger partial charge in [0.25, 0.3) is 5.91 Å². The summed E-state index contributed by atoms with van der Waals surface area (Å²) in [5.74, 6) is -0.0468. The lowest BCUT2D eigenvalue weighted by Crippen LogP contribution is -2.29.